The van der Waals surface area contributed by atoms with Crippen molar-refractivity contribution in [2.75, 3.05) is 39.4 Å². The Hall–Kier alpha value is -1.83. The molecule has 0 aliphatic rings. The summed E-state index contributed by atoms with van der Waals surface area (Å²) in [5.41, 5.74) is 6.99. The summed E-state index contributed by atoms with van der Waals surface area (Å²) in [6.45, 7) is 11.7. The molecule has 0 saturated heterocycles. The first-order valence-electron chi connectivity index (χ1n) is 8.17. The largest absolute Gasteiger partial charge is 0.459 e. The molecule has 0 bridgehead atoms. The fraction of sp³-hybridized carbons (Fsp3) is 0.875. The van der Waals surface area contributed by atoms with Gasteiger partial charge >= 0.3 is 11.9 Å². The Balaban J connectivity index is 4.56. The molecule has 0 aromatic carbocycles. The quantitative estimate of drug-likeness (QED) is 0.195. The van der Waals surface area contributed by atoms with Gasteiger partial charge in [0.15, 0.2) is 0 Å². The van der Waals surface area contributed by atoms with Gasteiger partial charge in [0, 0.05) is 18.0 Å². The van der Waals surface area contributed by atoms with Crippen molar-refractivity contribution in [3.63, 3.8) is 0 Å². The van der Waals surface area contributed by atoms with Crippen LogP contribution in [0.2, 0.25) is 0 Å². The Labute approximate surface area is 149 Å². The third kappa shape index (κ3) is 15.4. The van der Waals surface area contributed by atoms with Crippen molar-refractivity contribution in [2.45, 2.75) is 52.7 Å². The molecule has 9 nitrogen and oxygen atoms in total. The van der Waals surface area contributed by atoms with Crippen molar-refractivity contribution >= 4 is 11.9 Å². The molecule has 0 fully saturated rings. The minimum atomic E-state index is -0.597. The number of carbonyl (C=O) groups excluding carboxylic acids is 2. The van der Waals surface area contributed by atoms with Crippen LogP contribution in [0.5, 0.6) is 0 Å². The Morgan fingerprint density at radius 2 is 1.44 bits per heavy atom. The van der Waals surface area contributed by atoms with E-state index < -0.39 is 23.1 Å². The van der Waals surface area contributed by atoms with Gasteiger partial charge in [0.05, 0.1) is 26.3 Å². The van der Waals surface area contributed by atoms with Gasteiger partial charge in [-0.3, -0.25) is 14.5 Å². The molecule has 144 valence electrons. The normalized spacial score (nSPS) is 11.8. The highest BCUT2D eigenvalue weighted by atomic mass is 16.6. The first-order valence-corrected chi connectivity index (χ1v) is 8.17. The molecule has 0 atom stereocenters. The molecule has 0 unspecified atom stereocenters. The lowest BCUT2D eigenvalue weighted by Crippen LogP contribution is -2.41. The second-order valence-corrected chi connectivity index (χ2v) is 7.45. The molecule has 0 amide bonds. The Bertz CT molecular complexity index is 446. The van der Waals surface area contributed by atoms with Crippen LogP contribution in [0.4, 0.5) is 0 Å². The summed E-state index contributed by atoms with van der Waals surface area (Å²) in [7, 11) is 0. The van der Waals surface area contributed by atoms with Gasteiger partial charge in [0.2, 0.25) is 0 Å². The topological polar surface area (TPSA) is 114 Å². The number of hydrogen-bond donors (Lipinski definition) is 0. The van der Waals surface area contributed by atoms with Crippen molar-refractivity contribution in [1.29, 1.82) is 0 Å². The van der Waals surface area contributed by atoms with Crippen molar-refractivity contribution in [2.24, 2.45) is 5.11 Å². The maximum Gasteiger partial charge on any atom is 0.320 e. The third-order valence-electron chi connectivity index (χ3n) is 2.50. The van der Waals surface area contributed by atoms with Crippen molar-refractivity contribution < 1.29 is 23.8 Å². The van der Waals surface area contributed by atoms with E-state index in [1.807, 2.05) is 0 Å². The summed E-state index contributed by atoms with van der Waals surface area (Å²) < 4.78 is 15.9. The standard InChI is InChI=1S/C16H30N4O5/c1-15(2,3)24-13(21)11-20(8-10-23-9-7-18-19-17)12-14(22)25-16(4,5)6/h7-12H2,1-6H3. The van der Waals surface area contributed by atoms with Crippen LogP contribution >= 0.6 is 0 Å². The maximum absolute atomic E-state index is 12.0. The van der Waals surface area contributed by atoms with Gasteiger partial charge in [-0.05, 0) is 47.1 Å². The number of ether oxygens (including phenoxy) is 3. The second kappa shape index (κ2) is 10.9. The van der Waals surface area contributed by atoms with Crippen molar-refractivity contribution in [3.8, 4) is 0 Å². The number of esters is 2. The van der Waals surface area contributed by atoms with E-state index in [4.69, 9.17) is 19.7 Å². The molecular weight excluding hydrogens is 328 g/mol. The van der Waals surface area contributed by atoms with Crippen molar-refractivity contribution in [1.82, 2.24) is 4.90 Å². The Kier molecular flexibility index (Phi) is 10.1. The molecule has 25 heavy (non-hydrogen) atoms. The van der Waals surface area contributed by atoms with E-state index in [2.05, 4.69) is 10.0 Å². The van der Waals surface area contributed by atoms with Crippen LogP contribution in [0.1, 0.15) is 41.5 Å². The van der Waals surface area contributed by atoms with Crippen LogP contribution in [-0.2, 0) is 23.8 Å². The molecular formula is C16H30N4O5. The van der Waals surface area contributed by atoms with Crippen LogP contribution in [0, 0.1) is 0 Å². The summed E-state index contributed by atoms with van der Waals surface area (Å²) >= 11 is 0. The van der Waals surface area contributed by atoms with Gasteiger partial charge in [-0.1, -0.05) is 5.11 Å². The van der Waals surface area contributed by atoms with E-state index in [0.29, 0.717) is 6.54 Å². The first kappa shape index (κ1) is 23.2. The van der Waals surface area contributed by atoms with Gasteiger partial charge in [0.25, 0.3) is 0 Å². The highest BCUT2D eigenvalue weighted by Gasteiger charge is 2.23. The van der Waals surface area contributed by atoms with Gasteiger partial charge in [-0.25, -0.2) is 0 Å². The summed E-state index contributed by atoms with van der Waals surface area (Å²) in [4.78, 5) is 28.2. The zero-order chi connectivity index (χ0) is 19.5. The van der Waals surface area contributed by atoms with Crippen molar-refractivity contribution in [3.05, 3.63) is 10.4 Å². The monoisotopic (exact) mass is 358 g/mol. The molecule has 0 radical (unpaired) electrons. The lowest BCUT2D eigenvalue weighted by molar-refractivity contribution is -0.160. The summed E-state index contributed by atoms with van der Waals surface area (Å²) in [6.07, 6.45) is 0. The molecule has 0 heterocycles. The van der Waals surface area contributed by atoms with Crippen LogP contribution < -0.4 is 0 Å². The zero-order valence-corrected chi connectivity index (χ0v) is 16.1. The number of hydrogen-bond acceptors (Lipinski definition) is 7. The van der Waals surface area contributed by atoms with Crippen LogP contribution in [0.25, 0.3) is 10.4 Å². The molecule has 0 aliphatic heterocycles. The number of nitrogens with zero attached hydrogens (tertiary/aromatic N) is 4. The average Bonchev–Trinajstić information content (AvgIpc) is 2.37. The molecule has 9 heteroatoms. The van der Waals surface area contributed by atoms with E-state index in [-0.39, 0.29) is 32.8 Å². The lowest BCUT2D eigenvalue weighted by Gasteiger charge is -2.26. The predicted molar refractivity (Wildman–Crippen MR) is 93.0 cm³/mol. The van der Waals surface area contributed by atoms with Gasteiger partial charge in [-0.2, -0.15) is 0 Å². The number of carbonyl (C=O) groups is 2. The summed E-state index contributed by atoms with van der Waals surface area (Å²) in [5, 5.41) is 3.36. The highest BCUT2D eigenvalue weighted by molar-refractivity contribution is 5.75. The summed E-state index contributed by atoms with van der Waals surface area (Å²) in [6, 6.07) is 0. The van der Waals surface area contributed by atoms with Gasteiger partial charge < -0.3 is 14.2 Å². The van der Waals surface area contributed by atoms with E-state index in [0.717, 1.165) is 0 Å². The minimum absolute atomic E-state index is 0.0454. The summed E-state index contributed by atoms with van der Waals surface area (Å²) in [5.74, 6) is -0.852. The maximum atomic E-state index is 12.0. The van der Waals surface area contributed by atoms with Gasteiger partial charge in [0.1, 0.15) is 11.2 Å². The molecule has 0 rings (SSSR count). The molecule has 0 aromatic rings. The smallest absolute Gasteiger partial charge is 0.320 e. The molecule has 0 N–H and O–H groups in total. The highest BCUT2D eigenvalue weighted by Crippen LogP contribution is 2.09. The lowest BCUT2D eigenvalue weighted by atomic mass is 10.2. The third-order valence-corrected chi connectivity index (χ3v) is 2.50. The fourth-order valence-corrected chi connectivity index (χ4v) is 1.77. The Morgan fingerprint density at radius 1 is 0.960 bits per heavy atom. The zero-order valence-electron chi connectivity index (χ0n) is 16.1. The second-order valence-electron chi connectivity index (χ2n) is 7.45. The first-order chi connectivity index (χ1) is 11.4. The number of azide groups is 1. The fourth-order valence-electron chi connectivity index (χ4n) is 1.77. The average molecular weight is 358 g/mol. The van der Waals surface area contributed by atoms with Crippen LogP contribution in [0.3, 0.4) is 0 Å². The Morgan fingerprint density at radius 3 is 1.84 bits per heavy atom. The van der Waals surface area contributed by atoms with E-state index in [1.165, 1.54) is 0 Å². The van der Waals surface area contributed by atoms with E-state index in [9.17, 15) is 9.59 Å². The van der Waals surface area contributed by atoms with E-state index >= 15 is 0 Å². The SMILES string of the molecule is CC(C)(C)OC(=O)CN(CCOCCN=[N+]=[N-])CC(=O)OC(C)(C)C. The minimum Gasteiger partial charge on any atom is -0.459 e. The predicted octanol–water partition coefficient (Wildman–Crippen LogP) is 2.30. The molecule has 0 aromatic heterocycles. The van der Waals surface area contributed by atoms with Gasteiger partial charge in [-0.15, -0.1) is 0 Å². The van der Waals surface area contributed by atoms with Crippen LogP contribution in [-0.4, -0.2) is 67.4 Å². The molecule has 0 saturated carbocycles. The van der Waals surface area contributed by atoms with Crippen LogP contribution in [0.15, 0.2) is 5.11 Å². The molecule has 0 aliphatic carbocycles. The molecule has 0 spiro atoms. The number of rotatable bonds is 10. The van der Waals surface area contributed by atoms with E-state index in [1.54, 1.807) is 46.4 Å².